The molecule has 1 fully saturated rings. The fourth-order valence-corrected chi connectivity index (χ4v) is 3.67. The first-order valence-corrected chi connectivity index (χ1v) is 9.27. The van der Waals surface area contributed by atoms with E-state index >= 15 is 0 Å². The monoisotopic (exact) mass is 426 g/mol. The summed E-state index contributed by atoms with van der Waals surface area (Å²) in [5, 5.41) is 8.15. The van der Waals surface area contributed by atoms with Crippen molar-refractivity contribution in [2.75, 3.05) is 38.2 Å². The molecule has 1 N–H and O–H groups in total. The van der Waals surface area contributed by atoms with E-state index < -0.39 is 0 Å². The molecule has 0 bridgehead atoms. The van der Waals surface area contributed by atoms with Gasteiger partial charge in [0.15, 0.2) is 0 Å². The van der Waals surface area contributed by atoms with Crippen LogP contribution in [0, 0.1) is 0 Å². The molecule has 25 heavy (non-hydrogen) atoms. The van der Waals surface area contributed by atoms with Gasteiger partial charge in [-0.1, -0.05) is 29.8 Å². The van der Waals surface area contributed by atoms with E-state index in [-0.39, 0.29) is 11.6 Å². The minimum absolute atomic E-state index is 0.0774. The molecule has 6 nitrogen and oxygen atoms in total. The molecule has 1 unspecified atom stereocenters. The molecule has 0 amide bonds. The van der Waals surface area contributed by atoms with Crippen molar-refractivity contribution in [3.63, 3.8) is 0 Å². The highest BCUT2D eigenvalue weighted by Crippen LogP contribution is 2.29. The number of nitrogens with zero attached hydrogens (tertiary/aromatic N) is 3. The van der Waals surface area contributed by atoms with E-state index in [0.29, 0.717) is 29.9 Å². The second-order valence-corrected chi connectivity index (χ2v) is 7.07. The summed E-state index contributed by atoms with van der Waals surface area (Å²) in [5.41, 5.74) is 1.56. The van der Waals surface area contributed by atoms with Crippen LogP contribution in [0.25, 0.3) is 0 Å². The maximum absolute atomic E-state index is 12.0. The Bertz CT molecular complexity index is 792. The van der Waals surface area contributed by atoms with Gasteiger partial charge >= 0.3 is 0 Å². The zero-order valence-corrected chi connectivity index (χ0v) is 16.3. The Morgan fingerprint density at radius 2 is 2.08 bits per heavy atom. The number of benzene rings is 1. The maximum Gasteiger partial charge on any atom is 0.282 e. The van der Waals surface area contributed by atoms with Crippen LogP contribution in [0.15, 0.2) is 39.7 Å². The predicted molar refractivity (Wildman–Crippen MR) is 102 cm³/mol. The van der Waals surface area contributed by atoms with Crippen molar-refractivity contribution in [1.82, 2.24) is 14.7 Å². The Hall–Kier alpha value is -1.41. The molecule has 2 aromatic rings. The van der Waals surface area contributed by atoms with Crippen molar-refractivity contribution in [3.8, 4) is 0 Å². The van der Waals surface area contributed by atoms with Crippen molar-refractivity contribution in [1.29, 1.82) is 0 Å². The third-order valence-corrected chi connectivity index (χ3v) is 5.43. The van der Waals surface area contributed by atoms with E-state index in [4.69, 9.17) is 16.3 Å². The van der Waals surface area contributed by atoms with Gasteiger partial charge in [-0.05, 0) is 27.6 Å². The van der Waals surface area contributed by atoms with Crippen LogP contribution in [-0.2, 0) is 11.8 Å². The van der Waals surface area contributed by atoms with E-state index in [1.165, 1.54) is 4.68 Å². The van der Waals surface area contributed by atoms with Gasteiger partial charge in [0.25, 0.3) is 5.56 Å². The molecular formula is C17H20BrClN4O2. The predicted octanol–water partition coefficient (Wildman–Crippen LogP) is 2.68. The molecule has 2 heterocycles. The van der Waals surface area contributed by atoms with Gasteiger partial charge in [0.05, 0.1) is 31.1 Å². The first-order valence-electron chi connectivity index (χ1n) is 8.10. The molecule has 1 aromatic heterocycles. The summed E-state index contributed by atoms with van der Waals surface area (Å²) in [7, 11) is 1.62. The second kappa shape index (κ2) is 8.31. The van der Waals surface area contributed by atoms with E-state index in [9.17, 15) is 4.79 Å². The van der Waals surface area contributed by atoms with Crippen LogP contribution in [0.2, 0.25) is 5.02 Å². The number of morpholine rings is 1. The maximum atomic E-state index is 12.0. The summed E-state index contributed by atoms with van der Waals surface area (Å²) in [6.45, 7) is 3.70. The molecule has 8 heteroatoms. The molecule has 0 saturated carbocycles. The van der Waals surface area contributed by atoms with Gasteiger partial charge in [0.1, 0.15) is 4.47 Å². The average Bonchev–Trinajstić information content (AvgIpc) is 2.64. The number of rotatable bonds is 5. The average molecular weight is 428 g/mol. The lowest BCUT2D eigenvalue weighted by Gasteiger charge is -2.35. The molecule has 0 radical (unpaired) electrons. The zero-order valence-electron chi connectivity index (χ0n) is 13.9. The smallest absolute Gasteiger partial charge is 0.282 e. The Balaban J connectivity index is 1.84. The summed E-state index contributed by atoms with van der Waals surface area (Å²) in [4.78, 5) is 14.4. The van der Waals surface area contributed by atoms with E-state index in [2.05, 4.69) is 31.2 Å². The topological polar surface area (TPSA) is 59.4 Å². The van der Waals surface area contributed by atoms with Crippen LogP contribution in [0.4, 0.5) is 5.69 Å². The van der Waals surface area contributed by atoms with Gasteiger partial charge < -0.3 is 10.1 Å². The van der Waals surface area contributed by atoms with Gasteiger partial charge in [-0.3, -0.25) is 9.69 Å². The fourth-order valence-electron chi connectivity index (χ4n) is 2.91. The number of aryl methyl sites for hydroxylation is 1. The normalized spacial score (nSPS) is 16.6. The zero-order chi connectivity index (χ0) is 17.8. The van der Waals surface area contributed by atoms with Crippen molar-refractivity contribution in [2.24, 2.45) is 7.05 Å². The Labute approximate surface area is 159 Å². The van der Waals surface area contributed by atoms with Gasteiger partial charge in [-0.2, -0.15) is 5.10 Å². The highest BCUT2D eigenvalue weighted by Gasteiger charge is 2.24. The summed E-state index contributed by atoms with van der Waals surface area (Å²) < 4.78 is 7.24. The molecular weight excluding hydrogens is 408 g/mol. The number of hydrogen-bond acceptors (Lipinski definition) is 5. The number of anilines is 1. The van der Waals surface area contributed by atoms with Crippen molar-refractivity contribution >= 4 is 33.2 Å². The standard InChI is InChI=1S/C17H20BrClN4O2/c1-22-17(24)16(18)14(10-21-22)20-11-15(23-6-8-25-9-7-23)12-4-2-3-5-13(12)19/h2-5,10,15,20H,6-9,11H2,1H3. The molecule has 0 aliphatic carbocycles. The molecule has 3 rings (SSSR count). The lowest BCUT2D eigenvalue weighted by Crippen LogP contribution is -2.41. The van der Waals surface area contributed by atoms with Gasteiger partial charge in [-0.25, -0.2) is 4.68 Å². The largest absolute Gasteiger partial charge is 0.381 e. The molecule has 1 aliphatic heterocycles. The number of ether oxygens (including phenoxy) is 1. The van der Waals surface area contributed by atoms with Crippen molar-refractivity contribution in [2.45, 2.75) is 6.04 Å². The summed E-state index contributed by atoms with van der Waals surface area (Å²) in [6, 6.07) is 7.94. The van der Waals surface area contributed by atoms with Crippen LogP contribution in [0.1, 0.15) is 11.6 Å². The minimum Gasteiger partial charge on any atom is -0.381 e. The fraction of sp³-hybridized carbons (Fsp3) is 0.412. The Kier molecular flexibility index (Phi) is 6.11. The highest BCUT2D eigenvalue weighted by atomic mass is 79.9. The van der Waals surface area contributed by atoms with Crippen LogP contribution in [0.3, 0.4) is 0 Å². The Morgan fingerprint density at radius 1 is 1.36 bits per heavy atom. The van der Waals surface area contributed by atoms with Crippen molar-refractivity contribution < 1.29 is 4.74 Å². The number of nitrogens with one attached hydrogen (secondary N) is 1. The van der Waals surface area contributed by atoms with Gasteiger partial charge in [0, 0.05) is 31.7 Å². The second-order valence-electron chi connectivity index (χ2n) is 5.87. The molecule has 134 valence electrons. The summed E-state index contributed by atoms with van der Waals surface area (Å²) >= 11 is 9.79. The lowest BCUT2D eigenvalue weighted by atomic mass is 10.0. The quantitative estimate of drug-likeness (QED) is 0.795. The molecule has 1 aromatic carbocycles. The van der Waals surface area contributed by atoms with E-state index in [1.807, 2.05) is 24.3 Å². The lowest BCUT2D eigenvalue weighted by molar-refractivity contribution is 0.0187. The molecule has 1 aliphatic rings. The highest BCUT2D eigenvalue weighted by molar-refractivity contribution is 9.10. The number of aromatic nitrogens is 2. The molecule has 0 spiro atoms. The van der Waals surface area contributed by atoms with Crippen LogP contribution < -0.4 is 10.9 Å². The van der Waals surface area contributed by atoms with Gasteiger partial charge in [-0.15, -0.1) is 0 Å². The van der Waals surface area contributed by atoms with Crippen LogP contribution in [-0.4, -0.2) is 47.5 Å². The number of hydrogen-bond donors (Lipinski definition) is 1. The summed E-state index contributed by atoms with van der Waals surface area (Å²) in [5.74, 6) is 0. The van der Waals surface area contributed by atoms with E-state index in [0.717, 1.165) is 23.7 Å². The van der Waals surface area contributed by atoms with Crippen LogP contribution >= 0.6 is 27.5 Å². The summed E-state index contributed by atoms with van der Waals surface area (Å²) in [6.07, 6.45) is 1.65. The Morgan fingerprint density at radius 3 is 2.80 bits per heavy atom. The third kappa shape index (κ3) is 4.23. The SMILES string of the molecule is Cn1ncc(NCC(c2ccccc2Cl)N2CCOCC2)c(Br)c1=O. The molecule has 1 atom stereocenters. The minimum atomic E-state index is -0.175. The first kappa shape index (κ1) is 18.4. The van der Waals surface area contributed by atoms with E-state index in [1.54, 1.807) is 13.2 Å². The van der Waals surface area contributed by atoms with Crippen molar-refractivity contribution in [3.05, 3.63) is 55.9 Å². The molecule has 1 saturated heterocycles. The first-order chi connectivity index (χ1) is 12.1. The third-order valence-electron chi connectivity index (χ3n) is 4.31. The van der Waals surface area contributed by atoms with Gasteiger partial charge in [0.2, 0.25) is 0 Å². The number of halogens is 2. The van der Waals surface area contributed by atoms with Crippen LogP contribution in [0.5, 0.6) is 0 Å².